The number of methoxy groups -OCH3 is 1. The first kappa shape index (κ1) is 19.6. The molecule has 0 radical (unpaired) electrons. The number of aliphatic hydroxyl groups excluding tert-OH is 1. The van der Waals surface area contributed by atoms with E-state index in [0.717, 1.165) is 37.3 Å². The third kappa shape index (κ3) is 4.03. The van der Waals surface area contributed by atoms with Crippen LogP contribution < -0.4 is 9.64 Å². The van der Waals surface area contributed by atoms with Crippen LogP contribution in [0.4, 0.5) is 5.82 Å². The van der Waals surface area contributed by atoms with Crippen LogP contribution in [0.25, 0.3) is 0 Å². The number of aromatic nitrogens is 3. The van der Waals surface area contributed by atoms with Crippen LogP contribution in [0.15, 0.2) is 30.9 Å². The first-order chi connectivity index (χ1) is 14.0. The fourth-order valence-electron chi connectivity index (χ4n) is 4.58. The van der Waals surface area contributed by atoms with E-state index in [-0.39, 0.29) is 11.3 Å². The van der Waals surface area contributed by atoms with Crippen LogP contribution in [0.2, 0.25) is 0 Å². The molecule has 154 valence electrons. The summed E-state index contributed by atoms with van der Waals surface area (Å²) in [6, 6.07) is 1.78. The lowest BCUT2D eigenvalue weighted by molar-refractivity contribution is 0.0245. The third-order valence-electron chi connectivity index (χ3n) is 6.07. The van der Waals surface area contributed by atoms with Crippen molar-refractivity contribution in [2.24, 2.45) is 5.41 Å². The number of β-amino-alcohol motifs (C(OH)–C–C–N with tert-alkyl or cyclic N) is 1. The summed E-state index contributed by atoms with van der Waals surface area (Å²) in [5.74, 6) is 1.27. The van der Waals surface area contributed by atoms with Crippen molar-refractivity contribution < 1.29 is 14.6 Å². The second-order valence-corrected chi connectivity index (χ2v) is 8.12. The van der Waals surface area contributed by atoms with Crippen molar-refractivity contribution in [3.05, 3.63) is 42.1 Å². The molecular weight excluding hydrogens is 370 g/mol. The van der Waals surface area contributed by atoms with Gasteiger partial charge in [0, 0.05) is 44.3 Å². The molecule has 2 fully saturated rings. The first-order valence-electron chi connectivity index (χ1n) is 9.99. The van der Waals surface area contributed by atoms with Crippen molar-refractivity contribution in [1.29, 1.82) is 0 Å². The number of likely N-dealkylation sites (tertiary alicyclic amines) is 1. The second kappa shape index (κ2) is 7.94. The van der Waals surface area contributed by atoms with E-state index in [9.17, 15) is 9.90 Å². The predicted octanol–water partition coefficient (Wildman–Crippen LogP) is 1.68. The molecule has 1 unspecified atom stereocenters. The summed E-state index contributed by atoms with van der Waals surface area (Å²) in [6.07, 6.45) is 8.71. The second-order valence-electron chi connectivity index (χ2n) is 8.12. The van der Waals surface area contributed by atoms with Gasteiger partial charge in [-0.3, -0.25) is 14.8 Å². The molecular formula is C21H27N5O3. The van der Waals surface area contributed by atoms with Gasteiger partial charge in [0.25, 0.3) is 5.91 Å². The minimum Gasteiger partial charge on any atom is -0.494 e. The quantitative estimate of drug-likeness (QED) is 0.842. The van der Waals surface area contributed by atoms with Crippen LogP contribution in [0, 0.1) is 12.3 Å². The summed E-state index contributed by atoms with van der Waals surface area (Å²) in [6.45, 7) is 4.57. The van der Waals surface area contributed by atoms with E-state index < -0.39 is 6.10 Å². The van der Waals surface area contributed by atoms with Crippen LogP contribution in [0.5, 0.6) is 5.75 Å². The fourth-order valence-corrected chi connectivity index (χ4v) is 4.58. The van der Waals surface area contributed by atoms with Gasteiger partial charge in [-0.1, -0.05) is 0 Å². The first-order valence-corrected chi connectivity index (χ1v) is 9.99. The van der Waals surface area contributed by atoms with Gasteiger partial charge in [-0.25, -0.2) is 4.98 Å². The number of carbonyl (C=O) groups is 1. The van der Waals surface area contributed by atoms with Gasteiger partial charge < -0.3 is 19.6 Å². The smallest absolute Gasteiger partial charge is 0.257 e. The zero-order valence-electron chi connectivity index (χ0n) is 16.9. The van der Waals surface area contributed by atoms with Gasteiger partial charge in [0.2, 0.25) is 0 Å². The molecule has 0 saturated carbocycles. The predicted molar refractivity (Wildman–Crippen MR) is 108 cm³/mol. The maximum atomic E-state index is 13.1. The molecule has 2 aromatic heterocycles. The average Bonchev–Trinajstić information content (AvgIpc) is 2.74. The van der Waals surface area contributed by atoms with Gasteiger partial charge >= 0.3 is 0 Å². The highest BCUT2D eigenvalue weighted by atomic mass is 16.5. The number of nitrogens with zero attached hydrogens (tertiary/aromatic N) is 5. The summed E-state index contributed by atoms with van der Waals surface area (Å²) in [4.78, 5) is 29.9. The molecule has 1 amide bonds. The van der Waals surface area contributed by atoms with Gasteiger partial charge in [0.05, 0.1) is 31.2 Å². The van der Waals surface area contributed by atoms with Gasteiger partial charge in [-0.05, 0) is 37.7 Å². The Bertz CT molecular complexity index is 868. The Morgan fingerprint density at radius 2 is 2.03 bits per heavy atom. The van der Waals surface area contributed by atoms with E-state index in [4.69, 9.17) is 4.74 Å². The fraction of sp³-hybridized carbons (Fsp3) is 0.524. The number of carbonyl (C=O) groups excluding carboxylic acids is 1. The molecule has 0 aromatic carbocycles. The van der Waals surface area contributed by atoms with E-state index >= 15 is 0 Å². The number of aliphatic hydroxyl groups is 1. The van der Waals surface area contributed by atoms with Crippen molar-refractivity contribution in [2.75, 3.05) is 38.2 Å². The van der Waals surface area contributed by atoms with E-state index in [1.807, 2.05) is 11.8 Å². The highest BCUT2D eigenvalue weighted by Gasteiger charge is 2.43. The molecule has 2 saturated heterocycles. The molecule has 8 nitrogen and oxygen atoms in total. The molecule has 0 bridgehead atoms. The number of amides is 1. The van der Waals surface area contributed by atoms with E-state index in [0.29, 0.717) is 30.9 Å². The van der Waals surface area contributed by atoms with Crippen LogP contribution in [0.3, 0.4) is 0 Å². The summed E-state index contributed by atoms with van der Waals surface area (Å²) >= 11 is 0. The number of piperidine rings is 2. The maximum Gasteiger partial charge on any atom is 0.257 e. The van der Waals surface area contributed by atoms with Gasteiger partial charge in [-0.2, -0.15) is 0 Å². The lowest BCUT2D eigenvalue weighted by Crippen LogP contribution is -2.54. The number of hydrogen-bond acceptors (Lipinski definition) is 7. The van der Waals surface area contributed by atoms with Gasteiger partial charge in [0.15, 0.2) is 0 Å². The standard InChI is InChI=1S/C21H27N5O3/c1-15-9-17(18(29-2)11-24-15)20(28)25-7-3-21(4-8-25)10-16(27)13-26(14-21)19-12-22-5-6-23-19/h5-6,9,11-12,16,27H,3-4,7-8,10,13-14H2,1-2H3. The van der Waals surface area contributed by atoms with Crippen LogP contribution in [-0.4, -0.2) is 70.3 Å². The Labute approximate surface area is 170 Å². The van der Waals surface area contributed by atoms with Gasteiger partial charge in [0.1, 0.15) is 11.6 Å². The summed E-state index contributed by atoms with van der Waals surface area (Å²) in [7, 11) is 1.55. The molecule has 2 aliphatic rings. The lowest BCUT2D eigenvalue weighted by atomic mass is 9.71. The summed E-state index contributed by atoms with van der Waals surface area (Å²) < 4.78 is 5.34. The molecule has 2 aliphatic heterocycles. The minimum atomic E-state index is -0.407. The number of rotatable bonds is 3. The zero-order valence-corrected chi connectivity index (χ0v) is 16.9. The third-order valence-corrected chi connectivity index (χ3v) is 6.07. The highest BCUT2D eigenvalue weighted by molar-refractivity contribution is 5.97. The molecule has 2 aromatic rings. The monoisotopic (exact) mass is 397 g/mol. The molecule has 29 heavy (non-hydrogen) atoms. The molecule has 1 spiro atoms. The Morgan fingerprint density at radius 1 is 1.24 bits per heavy atom. The largest absolute Gasteiger partial charge is 0.494 e. The Morgan fingerprint density at radius 3 is 2.72 bits per heavy atom. The van der Waals surface area contributed by atoms with Crippen LogP contribution in [0.1, 0.15) is 35.3 Å². The SMILES string of the molecule is COc1cnc(C)cc1C(=O)N1CCC2(CC1)CC(O)CN(c1cnccn1)C2. The normalized spacial score (nSPS) is 21.3. The van der Waals surface area contributed by atoms with E-state index in [1.165, 1.54) is 0 Å². The number of aryl methyl sites for hydroxylation is 1. The Balaban J connectivity index is 1.47. The molecule has 1 N–H and O–H groups in total. The molecule has 4 rings (SSSR count). The number of anilines is 1. The maximum absolute atomic E-state index is 13.1. The number of pyridine rings is 1. The number of ether oxygens (including phenoxy) is 1. The van der Waals surface area contributed by atoms with Crippen molar-refractivity contribution in [1.82, 2.24) is 19.9 Å². The topological polar surface area (TPSA) is 91.7 Å². The van der Waals surface area contributed by atoms with Crippen LogP contribution in [-0.2, 0) is 0 Å². The summed E-state index contributed by atoms with van der Waals surface area (Å²) in [5, 5.41) is 10.5. The molecule has 8 heteroatoms. The Hall–Kier alpha value is -2.74. The van der Waals surface area contributed by atoms with Crippen molar-refractivity contribution in [3.8, 4) is 5.75 Å². The molecule has 0 aliphatic carbocycles. The summed E-state index contributed by atoms with van der Waals surface area (Å²) in [5.41, 5.74) is 1.32. The van der Waals surface area contributed by atoms with E-state index in [1.54, 1.807) is 38.0 Å². The van der Waals surface area contributed by atoms with Crippen LogP contribution >= 0.6 is 0 Å². The number of hydrogen-bond donors (Lipinski definition) is 1. The molecule has 1 atom stereocenters. The van der Waals surface area contributed by atoms with Crippen molar-refractivity contribution >= 4 is 11.7 Å². The van der Waals surface area contributed by atoms with Crippen molar-refractivity contribution in [3.63, 3.8) is 0 Å². The van der Waals surface area contributed by atoms with Crippen molar-refractivity contribution in [2.45, 2.75) is 32.3 Å². The van der Waals surface area contributed by atoms with E-state index in [2.05, 4.69) is 19.9 Å². The minimum absolute atomic E-state index is 0.0236. The average molecular weight is 397 g/mol. The lowest BCUT2D eigenvalue weighted by Gasteiger charge is -2.49. The van der Waals surface area contributed by atoms with Gasteiger partial charge in [-0.15, -0.1) is 0 Å². The Kier molecular flexibility index (Phi) is 5.36. The zero-order chi connectivity index (χ0) is 20.4. The molecule has 4 heterocycles. The highest BCUT2D eigenvalue weighted by Crippen LogP contribution is 2.41.